The molecule has 1 aliphatic heterocycles. The minimum atomic E-state index is 0.191. The number of pyridine rings is 1. The van der Waals surface area contributed by atoms with Gasteiger partial charge in [-0.1, -0.05) is 37.3 Å². The Balaban J connectivity index is 1.76. The number of ether oxygens (including phenoxy) is 1. The van der Waals surface area contributed by atoms with Crippen molar-refractivity contribution in [2.24, 2.45) is 0 Å². The number of nitrogens with zero attached hydrogens (tertiary/aromatic N) is 1. The molecule has 3 rings (SSSR count). The van der Waals surface area contributed by atoms with Gasteiger partial charge in [-0.3, -0.25) is 4.98 Å². The van der Waals surface area contributed by atoms with E-state index in [9.17, 15) is 0 Å². The highest BCUT2D eigenvalue weighted by Crippen LogP contribution is 2.50. The number of hydrogen-bond donors (Lipinski definition) is 0. The van der Waals surface area contributed by atoms with Crippen molar-refractivity contribution in [2.75, 3.05) is 0 Å². The van der Waals surface area contributed by atoms with E-state index in [2.05, 4.69) is 42.2 Å². The highest BCUT2D eigenvalue weighted by Gasteiger charge is 2.41. The monoisotopic (exact) mass is 225 g/mol. The fraction of sp³-hybridized carbons (Fsp3) is 0.267. The van der Waals surface area contributed by atoms with Gasteiger partial charge in [0.2, 0.25) is 0 Å². The summed E-state index contributed by atoms with van der Waals surface area (Å²) >= 11 is 0. The zero-order valence-electron chi connectivity index (χ0n) is 9.84. The van der Waals surface area contributed by atoms with Gasteiger partial charge in [0.1, 0.15) is 12.2 Å². The molecular formula is C15H15NO. The molecule has 1 aliphatic rings. The van der Waals surface area contributed by atoms with Crippen LogP contribution in [0.1, 0.15) is 35.8 Å². The predicted molar refractivity (Wildman–Crippen MR) is 66.6 cm³/mol. The summed E-state index contributed by atoms with van der Waals surface area (Å²) in [4.78, 5) is 4.12. The second-order valence-corrected chi connectivity index (χ2v) is 4.36. The molecule has 17 heavy (non-hydrogen) atoms. The van der Waals surface area contributed by atoms with E-state index in [0.717, 1.165) is 12.0 Å². The lowest BCUT2D eigenvalue weighted by atomic mass is 10.0. The summed E-state index contributed by atoms with van der Waals surface area (Å²) < 4.78 is 5.72. The van der Waals surface area contributed by atoms with Crippen molar-refractivity contribution in [2.45, 2.75) is 25.6 Å². The summed E-state index contributed by atoms with van der Waals surface area (Å²) in [6.45, 7) is 2.17. The van der Waals surface area contributed by atoms with E-state index >= 15 is 0 Å². The van der Waals surface area contributed by atoms with Crippen LogP contribution in [0, 0.1) is 0 Å². The van der Waals surface area contributed by atoms with Crippen LogP contribution in [-0.2, 0) is 11.2 Å². The number of epoxide rings is 1. The summed E-state index contributed by atoms with van der Waals surface area (Å²) in [6.07, 6.45) is 5.15. The number of hydrogen-bond acceptors (Lipinski definition) is 2. The Morgan fingerprint density at radius 3 is 2.47 bits per heavy atom. The van der Waals surface area contributed by atoms with Gasteiger partial charge in [0.25, 0.3) is 0 Å². The van der Waals surface area contributed by atoms with Crippen LogP contribution in [0.25, 0.3) is 0 Å². The van der Waals surface area contributed by atoms with E-state index in [1.54, 1.807) is 6.20 Å². The molecule has 0 spiro atoms. The predicted octanol–water partition coefficient (Wildman–Crippen LogP) is 3.46. The van der Waals surface area contributed by atoms with E-state index in [0.29, 0.717) is 0 Å². The standard InChI is InChI=1S/C15H15NO/c1-2-11-5-7-12(8-6-11)14-15(17-14)13-4-3-9-16-10-13/h3-10,14-15H,2H2,1H3/t14-,15-/m0/s1. The van der Waals surface area contributed by atoms with E-state index in [4.69, 9.17) is 4.74 Å². The largest absolute Gasteiger partial charge is 0.359 e. The molecule has 2 heterocycles. The molecule has 1 aromatic carbocycles. The van der Waals surface area contributed by atoms with Crippen molar-refractivity contribution in [1.29, 1.82) is 0 Å². The molecule has 2 nitrogen and oxygen atoms in total. The molecule has 0 aliphatic carbocycles. The molecule has 1 fully saturated rings. The van der Waals surface area contributed by atoms with Crippen LogP contribution in [0.3, 0.4) is 0 Å². The summed E-state index contributed by atoms with van der Waals surface area (Å²) in [6, 6.07) is 12.7. The Hall–Kier alpha value is -1.67. The van der Waals surface area contributed by atoms with E-state index in [-0.39, 0.29) is 12.2 Å². The lowest BCUT2D eigenvalue weighted by Gasteiger charge is -1.99. The maximum absolute atomic E-state index is 5.72. The van der Waals surface area contributed by atoms with Crippen molar-refractivity contribution in [3.05, 3.63) is 65.5 Å². The van der Waals surface area contributed by atoms with Gasteiger partial charge in [0.15, 0.2) is 0 Å². The molecule has 2 heteroatoms. The van der Waals surface area contributed by atoms with Gasteiger partial charge in [0.05, 0.1) is 0 Å². The first-order valence-electron chi connectivity index (χ1n) is 6.02. The molecule has 0 unspecified atom stereocenters. The van der Waals surface area contributed by atoms with Crippen molar-refractivity contribution >= 4 is 0 Å². The number of aryl methyl sites for hydroxylation is 1. The van der Waals surface area contributed by atoms with Crippen molar-refractivity contribution in [3.63, 3.8) is 0 Å². The Labute approximate surface area is 101 Å². The number of rotatable bonds is 3. The second-order valence-electron chi connectivity index (χ2n) is 4.36. The smallest absolute Gasteiger partial charge is 0.115 e. The van der Waals surface area contributed by atoms with Crippen molar-refractivity contribution < 1.29 is 4.74 Å². The Morgan fingerprint density at radius 1 is 1.06 bits per heavy atom. The fourth-order valence-corrected chi connectivity index (χ4v) is 2.11. The van der Waals surface area contributed by atoms with Crippen LogP contribution in [0.2, 0.25) is 0 Å². The Morgan fingerprint density at radius 2 is 1.82 bits per heavy atom. The molecular weight excluding hydrogens is 210 g/mol. The molecule has 0 N–H and O–H groups in total. The molecule has 1 aromatic heterocycles. The lowest BCUT2D eigenvalue weighted by molar-refractivity contribution is 0.377. The zero-order chi connectivity index (χ0) is 11.7. The van der Waals surface area contributed by atoms with Gasteiger partial charge in [0, 0.05) is 18.0 Å². The van der Waals surface area contributed by atoms with E-state index < -0.39 is 0 Å². The average Bonchev–Trinajstić information content (AvgIpc) is 3.20. The third-order valence-corrected chi connectivity index (χ3v) is 3.22. The minimum absolute atomic E-state index is 0.191. The molecule has 2 atom stereocenters. The maximum atomic E-state index is 5.72. The molecule has 86 valence electrons. The van der Waals surface area contributed by atoms with Gasteiger partial charge in [-0.2, -0.15) is 0 Å². The maximum Gasteiger partial charge on any atom is 0.115 e. The first kappa shape index (κ1) is 10.5. The normalized spacial score (nSPS) is 22.4. The molecule has 0 amide bonds. The van der Waals surface area contributed by atoms with Crippen LogP contribution in [0.15, 0.2) is 48.8 Å². The highest BCUT2D eigenvalue weighted by atomic mass is 16.6. The third-order valence-electron chi connectivity index (χ3n) is 3.22. The molecule has 0 bridgehead atoms. The third kappa shape index (κ3) is 2.08. The molecule has 0 saturated carbocycles. The molecule has 2 aromatic rings. The SMILES string of the molecule is CCc1ccc([C@@H]2O[C@H]2c2cccnc2)cc1. The van der Waals surface area contributed by atoms with Gasteiger partial charge in [-0.05, 0) is 23.6 Å². The van der Waals surface area contributed by atoms with Crippen molar-refractivity contribution in [1.82, 2.24) is 4.98 Å². The minimum Gasteiger partial charge on any atom is -0.359 e. The Bertz CT molecular complexity index is 492. The number of benzene rings is 1. The first-order valence-corrected chi connectivity index (χ1v) is 6.02. The Kier molecular flexibility index (Phi) is 2.65. The average molecular weight is 225 g/mol. The van der Waals surface area contributed by atoms with Crippen LogP contribution in [0.4, 0.5) is 0 Å². The molecule has 1 saturated heterocycles. The van der Waals surface area contributed by atoms with Gasteiger partial charge in [-0.15, -0.1) is 0 Å². The summed E-state index contributed by atoms with van der Waals surface area (Å²) in [5.74, 6) is 0. The quantitative estimate of drug-likeness (QED) is 0.747. The van der Waals surface area contributed by atoms with E-state index in [1.807, 2.05) is 12.3 Å². The van der Waals surface area contributed by atoms with Crippen LogP contribution in [0.5, 0.6) is 0 Å². The number of aromatic nitrogens is 1. The van der Waals surface area contributed by atoms with E-state index in [1.165, 1.54) is 11.1 Å². The first-order chi connectivity index (χ1) is 8.38. The van der Waals surface area contributed by atoms with Gasteiger partial charge >= 0.3 is 0 Å². The van der Waals surface area contributed by atoms with Crippen LogP contribution >= 0.6 is 0 Å². The summed E-state index contributed by atoms with van der Waals surface area (Å²) in [5.41, 5.74) is 3.79. The molecule has 0 radical (unpaired) electrons. The topological polar surface area (TPSA) is 25.4 Å². The zero-order valence-corrected chi connectivity index (χ0v) is 9.84. The van der Waals surface area contributed by atoms with Crippen LogP contribution < -0.4 is 0 Å². The highest BCUT2D eigenvalue weighted by molar-refractivity contribution is 5.30. The van der Waals surface area contributed by atoms with Gasteiger partial charge < -0.3 is 4.74 Å². The van der Waals surface area contributed by atoms with Crippen molar-refractivity contribution in [3.8, 4) is 0 Å². The lowest BCUT2D eigenvalue weighted by Crippen LogP contribution is -1.86. The summed E-state index contributed by atoms with van der Waals surface area (Å²) in [5, 5.41) is 0. The van der Waals surface area contributed by atoms with Gasteiger partial charge in [-0.25, -0.2) is 0 Å². The fourth-order valence-electron chi connectivity index (χ4n) is 2.11. The second kappa shape index (κ2) is 4.30. The van der Waals surface area contributed by atoms with Crippen LogP contribution in [-0.4, -0.2) is 4.98 Å². The summed E-state index contributed by atoms with van der Waals surface area (Å²) in [7, 11) is 0.